The van der Waals surface area contributed by atoms with Crippen LogP contribution in [0.2, 0.25) is 15.1 Å². The summed E-state index contributed by atoms with van der Waals surface area (Å²) in [6.45, 7) is 1.25. The van der Waals surface area contributed by atoms with E-state index in [0.717, 1.165) is 11.1 Å². The van der Waals surface area contributed by atoms with Gasteiger partial charge in [-0.05, 0) is 23.3 Å². The lowest BCUT2D eigenvalue weighted by molar-refractivity contribution is 0.185. The smallest absolute Gasteiger partial charge is 0.0722 e. The molecule has 2 nitrogen and oxygen atoms in total. The Morgan fingerprint density at radius 2 is 1.50 bits per heavy atom. The van der Waals surface area contributed by atoms with Crippen molar-refractivity contribution in [2.45, 2.75) is 13.2 Å². The van der Waals surface area contributed by atoms with Crippen molar-refractivity contribution >= 4 is 40.5 Å². The van der Waals surface area contributed by atoms with Crippen LogP contribution >= 0.6 is 34.8 Å². The molecule has 0 unspecified atom stereocenters. The normalized spacial score (nSPS) is 10.6. The van der Waals surface area contributed by atoms with Gasteiger partial charge >= 0.3 is 0 Å². The van der Waals surface area contributed by atoms with Crippen LogP contribution in [0.25, 0.3) is 0 Å². The zero-order valence-corrected chi connectivity index (χ0v) is 13.2. The lowest BCUT2D eigenvalue weighted by Gasteiger charge is -2.11. The lowest BCUT2D eigenvalue weighted by Crippen LogP contribution is -2.01. The SMILES string of the molecule is COCc1ccc(CNc2c(Cl)cc(Cl)cc2Cl)cc1. The van der Waals surface area contributed by atoms with Crippen LogP contribution in [0, 0.1) is 0 Å². The highest BCUT2D eigenvalue weighted by molar-refractivity contribution is 6.41. The monoisotopic (exact) mass is 329 g/mol. The fourth-order valence-corrected chi connectivity index (χ4v) is 2.77. The van der Waals surface area contributed by atoms with Crippen molar-refractivity contribution < 1.29 is 4.74 Å². The molecule has 1 N–H and O–H groups in total. The molecule has 0 aliphatic carbocycles. The maximum Gasteiger partial charge on any atom is 0.0722 e. The van der Waals surface area contributed by atoms with Crippen LogP contribution in [-0.2, 0) is 17.9 Å². The van der Waals surface area contributed by atoms with E-state index in [1.807, 2.05) is 24.3 Å². The predicted octanol–water partition coefficient (Wildman–Crippen LogP) is 5.41. The Labute approximate surface area is 133 Å². The first-order valence-electron chi connectivity index (χ1n) is 6.05. The minimum absolute atomic E-state index is 0.513. The Balaban J connectivity index is 2.05. The third kappa shape index (κ3) is 4.03. The molecule has 20 heavy (non-hydrogen) atoms. The van der Waals surface area contributed by atoms with Gasteiger partial charge in [-0.2, -0.15) is 0 Å². The second-order valence-corrected chi connectivity index (χ2v) is 5.60. The second-order valence-electron chi connectivity index (χ2n) is 4.35. The van der Waals surface area contributed by atoms with Gasteiger partial charge in [0.05, 0.1) is 22.3 Å². The Morgan fingerprint density at radius 1 is 0.950 bits per heavy atom. The molecule has 0 radical (unpaired) electrons. The Kier molecular flexibility index (Phi) is 5.55. The molecule has 5 heteroatoms. The molecule has 0 spiro atoms. The molecule has 106 valence electrons. The first-order valence-corrected chi connectivity index (χ1v) is 7.18. The van der Waals surface area contributed by atoms with Crippen LogP contribution in [0.3, 0.4) is 0 Å². The van der Waals surface area contributed by atoms with Gasteiger partial charge in [-0.1, -0.05) is 59.1 Å². The first kappa shape index (κ1) is 15.5. The van der Waals surface area contributed by atoms with E-state index in [-0.39, 0.29) is 0 Å². The summed E-state index contributed by atoms with van der Waals surface area (Å²) < 4.78 is 5.08. The van der Waals surface area contributed by atoms with Gasteiger partial charge < -0.3 is 10.1 Å². The number of nitrogens with one attached hydrogen (secondary N) is 1. The predicted molar refractivity (Wildman–Crippen MR) is 86.0 cm³/mol. The average molecular weight is 331 g/mol. The number of methoxy groups -OCH3 is 1. The quantitative estimate of drug-likeness (QED) is 0.792. The van der Waals surface area contributed by atoms with Gasteiger partial charge in [-0.15, -0.1) is 0 Å². The van der Waals surface area contributed by atoms with E-state index in [9.17, 15) is 0 Å². The molecule has 0 bridgehead atoms. The molecule has 0 saturated carbocycles. The molecule has 0 aliphatic heterocycles. The number of hydrogen-bond donors (Lipinski definition) is 1. The number of ether oxygens (including phenoxy) is 1. The highest BCUT2D eigenvalue weighted by atomic mass is 35.5. The van der Waals surface area contributed by atoms with Crippen LogP contribution in [0.5, 0.6) is 0 Å². The number of hydrogen-bond acceptors (Lipinski definition) is 2. The van der Waals surface area contributed by atoms with Crippen molar-refractivity contribution in [1.82, 2.24) is 0 Å². The summed E-state index contributed by atoms with van der Waals surface area (Å²) in [7, 11) is 1.68. The van der Waals surface area contributed by atoms with Gasteiger partial charge in [0.25, 0.3) is 0 Å². The molecule has 0 aliphatic rings. The molecule has 0 aromatic heterocycles. The van der Waals surface area contributed by atoms with Crippen molar-refractivity contribution in [2.24, 2.45) is 0 Å². The molecular formula is C15H14Cl3NO. The zero-order chi connectivity index (χ0) is 14.5. The second kappa shape index (κ2) is 7.19. The highest BCUT2D eigenvalue weighted by Gasteiger charge is 2.07. The molecule has 0 atom stereocenters. The van der Waals surface area contributed by atoms with Gasteiger partial charge in [0.2, 0.25) is 0 Å². The third-order valence-electron chi connectivity index (χ3n) is 2.81. The molecule has 0 amide bonds. The summed E-state index contributed by atoms with van der Waals surface area (Å²) in [5.74, 6) is 0. The first-order chi connectivity index (χ1) is 9.60. The Bertz CT molecular complexity index is 561. The minimum atomic E-state index is 0.513. The van der Waals surface area contributed by atoms with Crippen molar-refractivity contribution in [3.8, 4) is 0 Å². The average Bonchev–Trinajstić information content (AvgIpc) is 2.39. The molecule has 2 aromatic rings. The maximum atomic E-state index is 6.12. The van der Waals surface area contributed by atoms with Crippen LogP contribution in [0.4, 0.5) is 5.69 Å². The lowest BCUT2D eigenvalue weighted by atomic mass is 10.1. The minimum Gasteiger partial charge on any atom is -0.380 e. The summed E-state index contributed by atoms with van der Waals surface area (Å²) >= 11 is 18.1. The molecule has 0 heterocycles. The van der Waals surface area contributed by atoms with E-state index in [1.54, 1.807) is 19.2 Å². The summed E-state index contributed by atoms with van der Waals surface area (Å²) in [4.78, 5) is 0. The van der Waals surface area contributed by atoms with Gasteiger partial charge in [0.15, 0.2) is 0 Å². The molecule has 2 aromatic carbocycles. The van der Waals surface area contributed by atoms with Crippen molar-refractivity contribution in [2.75, 3.05) is 12.4 Å². The van der Waals surface area contributed by atoms with Gasteiger partial charge in [0.1, 0.15) is 0 Å². The zero-order valence-electron chi connectivity index (χ0n) is 10.9. The van der Waals surface area contributed by atoms with Crippen molar-refractivity contribution in [3.05, 3.63) is 62.6 Å². The molecule has 0 saturated heterocycles. The fourth-order valence-electron chi connectivity index (χ4n) is 1.82. The Morgan fingerprint density at radius 3 is 2.05 bits per heavy atom. The largest absolute Gasteiger partial charge is 0.380 e. The third-order valence-corrected chi connectivity index (χ3v) is 3.62. The molecule has 2 rings (SSSR count). The van der Waals surface area contributed by atoms with Crippen LogP contribution < -0.4 is 5.32 Å². The topological polar surface area (TPSA) is 21.3 Å². The summed E-state index contributed by atoms with van der Waals surface area (Å²) in [6.07, 6.45) is 0. The Hall–Kier alpha value is -0.930. The van der Waals surface area contributed by atoms with E-state index in [4.69, 9.17) is 39.5 Å². The number of rotatable bonds is 5. The van der Waals surface area contributed by atoms with Gasteiger partial charge in [0, 0.05) is 18.7 Å². The summed E-state index contributed by atoms with van der Waals surface area (Å²) in [6, 6.07) is 11.5. The van der Waals surface area contributed by atoms with E-state index in [0.29, 0.717) is 33.9 Å². The van der Waals surface area contributed by atoms with Crippen molar-refractivity contribution in [3.63, 3.8) is 0 Å². The highest BCUT2D eigenvalue weighted by Crippen LogP contribution is 2.33. The van der Waals surface area contributed by atoms with Gasteiger partial charge in [-0.25, -0.2) is 0 Å². The summed E-state index contributed by atoms with van der Waals surface area (Å²) in [5.41, 5.74) is 2.96. The molecular weight excluding hydrogens is 317 g/mol. The van der Waals surface area contributed by atoms with E-state index in [2.05, 4.69) is 5.32 Å². The van der Waals surface area contributed by atoms with Crippen LogP contribution in [0.15, 0.2) is 36.4 Å². The number of halogens is 3. The summed E-state index contributed by atoms with van der Waals surface area (Å²) in [5, 5.41) is 4.77. The number of benzene rings is 2. The fraction of sp³-hybridized carbons (Fsp3) is 0.200. The molecule has 0 fully saturated rings. The van der Waals surface area contributed by atoms with Crippen LogP contribution in [0.1, 0.15) is 11.1 Å². The maximum absolute atomic E-state index is 6.12. The van der Waals surface area contributed by atoms with Gasteiger partial charge in [-0.3, -0.25) is 0 Å². The van der Waals surface area contributed by atoms with Crippen LogP contribution in [-0.4, -0.2) is 7.11 Å². The van der Waals surface area contributed by atoms with E-state index in [1.165, 1.54) is 0 Å². The van der Waals surface area contributed by atoms with E-state index >= 15 is 0 Å². The number of anilines is 1. The standard InChI is InChI=1S/C15H14Cl3NO/c1-20-9-11-4-2-10(3-5-11)8-19-15-13(17)6-12(16)7-14(15)18/h2-7,19H,8-9H2,1H3. The van der Waals surface area contributed by atoms with E-state index < -0.39 is 0 Å². The van der Waals surface area contributed by atoms with Crippen molar-refractivity contribution in [1.29, 1.82) is 0 Å².